The molecule has 5 heteroatoms. The average Bonchev–Trinajstić information content (AvgIpc) is 2.46. The minimum absolute atomic E-state index is 0.112. The highest BCUT2D eigenvalue weighted by Gasteiger charge is 2.07. The van der Waals surface area contributed by atoms with Crippen molar-refractivity contribution < 1.29 is 4.74 Å². The van der Waals surface area contributed by atoms with Crippen LogP contribution in [0.3, 0.4) is 0 Å². The number of anilines is 1. The molecule has 0 spiro atoms. The maximum Gasteiger partial charge on any atom is 0.233 e. The van der Waals surface area contributed by atoms with Crippen LogP contribution >= 0.6 is 11.6 Å². The standard InChI is InChI=1S/C13H14ClN3O/c1-18-13-9-15-8-12(17-13)16-7-11(14)10-5-3-2-4-6-10/h2-6,8-9,11H,7H2,1H3,(H,16,17). The number of nitrogens with zero attached hydrogens (tertiary/aromatic N) is 2. The summed E-state index contributed by atoms with van der Waals surface area (Å²) in [6.45, 7) is 0.577. The number of alkyl halides is 1. The second kappa shape index (κ2) is 6.21. The van der Waals surface area contributed by atoms with Crippen LogP contribution in [-0.2, 0) is 0 Å². The summed E-state index contributed by atoms with van der Waals surface area (Å²) in [6, 6.07) is 9.90. The number of methoxy groups -OCH3 is 1. The molecule has 0 radical (unpaired) electrons. The first kappa shape index (κ1) is 12.6. The molecule has 2 aromatic rings. The summed E-state index contributed by atoms with van der Waals surface area (Å²) in [5.74, 6) is 1.13. The van der Waals surface area contributed by atoms with Crippen LogP contribution in [0.1, 0.15) is 10.9 Å². The van der Waals surface area contributed by atoms with Crippen LogP contribution in [0.15, 0.2) is 42.7 Å². The third kappa shape index (κ3) is 3.34. The van der Waals surface area contributed by atoms with Crippen molar-refractivity contribution >= 4 is 17.4 Å². The minimum Gasteiger partial charge on any atom is -0.480 e. The van der Waals surface area contributed by atoms with Gasteiger partial charge in [0, 0.05) is 6.54 Å². The van der Waals surface area contributed by atoms with Crippen LogP contribution in [0, 0.1) is 0 Å². The lowest BCUT2D eigenvalue weighted by Gasteiger charge is -2.11. The minimum atomic E-state index is -0.112. The number of nitrogens with one attached hydrogen (secondary N) is 1. The summed E-state index contributed by atoms with van der Waals surface area (Å²) in [7, 11) is 1.56. The van der Waals surface area contributed by atoms with E-state index in [0.717, 1.165) is 5.56 Å². The zero-order valence-corrected chi connectivity index (χ0v) is 10.8. The molecule has 0 aliphatic carbocycles. The number of hydrogen-bond acceptors (Lipinski definition) is 4. The lowest BCUT2D eigenvalue weighted by atomic mass is 10.1. The third-order valence-corrected chi connectivity index (χ3v) is 2.85. The molecule has 0 fully saturated rings. The fourth-order valence-electron chi connectivity index (χ4n) is 1.51. The van der Waals surface area contributed by atoms with Gasteiger partial charge in [-0.1, -0.05) is 30.3 Å². The summed E-state index contributed by atoms with van der Waals surface area (Å²) < 4.78 is 5.00. The molecule has 1 aromatic heterocycles. The molecule has 0 aliphatic heterocycles. The van der Waals surface area contributed by atoms with E-state index in [-0.39, 0.29) is 5.38 Å². The van der Waals surface area contributed by atoms with E-state index in [0.29, 0.717) is 18.2 Å². The average molecular weight is 264 g/mol. The first-order chi connectivity index (χ1) is 8.79. The normalized spacial score (nSPS) is 11.9. The van der Waals surface area contributed by atoms with Gasteiger partial charge in [-0.2, -0.15) is 4.98 Å². The number of ether oxygens (including phenoxy) is 1. The highest BCUT2D eigenvalue weighted by Crippen LogP contribution is 2.20. The van der Waals surface area contributed by atoms with E-state index in [9.17, 15) is 0 Å². The highest BCUT2D eigenvalue weighted by atomic mass is 35.5. The monoisotopic (exact) mass is 263 g/mol. The molecule has 1 heterocycles. The molecule has 1 aromatic carbocycles. The number of benzene rings is 1. The number of hydrogen-bond donors (Lipinski definition) is 1. The molecule has 0 bridgehead atoms. The topological polar surface area (TPSA) is 47.0 Å². The summed E-state index contributed by atoms with van der Waals surface area (Å²) in [5.41, 5.74) is 1.07. The van der Waals surface area contributed by atoms with Gasteiger partial charge in [0.25, 0.3) is 0 Å². The Morgan fingerprint density at radius 2 is 2.06 bits per heavy atom. The molecule has 0 amide bonds. The van der Waals surface area contributed by atoms with Crippen LogP contribution in [-0.4, -0.2) is 23.6 Å². The lowest BCUT2D eigenvalue weighted by molar-refractivity contribution is 0.396. The second-order valence-electron chi connectivity index (χ2n) is 3.71. The second-order valence-corrected chi connectivity index (χ2v) is 4.23. The molecule has 4 nitrogen and oxygen atoms in total. The Morgan fingerprint density at radius 3 is 2.78 bits per heavy atom. The van der Waals surface area contributed by atoms with Crippen molar-refractivity contribution in [2.45, 2.75) is 5.38 Å². The summed E-state index contributed by atoms with van der Waals surface area (Å²) >= 11 is 6.29. The fraction of sp³-hybridized carbons (Fsp3) is 0.231. The zero-order valence-electron chi connectivity index (χ0n) is 10.0. The highest BCUT2D eigenvalue weighted by molar-refractivity contribution is 6.21. The summed E-state index contributed by atoms with van der Waals surface area (Å²) in [5, 5.41) is 3.02. The van der Waals surface area contributed by atoms with Gasteiger partial charge in [-0.25, -0.2) is 0 Å². The van der Waals surface area contributed by atoms with Crippen molar-refractivity contribution in [2.24, 2.45) is 0 Å². The molecule has 1 atom stereocenters. The third-order valence-electron chi connectivity index (χ3n) is 2.45. The van der Waals surface area contributed by atoms with Gasteiger partial charge in [-0.3, -0.25) is 4.98 Å². The molecule has 0 aliphatic rings. The van der Waals surface area contributed by atoms with E-state index < -0.39 is 0 Å². The molecule has 94 valence electrons. The van der Waals surface area contributed by atoms with Crippen molar-refractivity contribution in [1.82, 2.24) is 9.97 Å². The first-order valence-corrected chi connectivity index (χ1v) is 6.02. The van der Waals surface area contributed by atoms with E-state index in [2.05, 4.69) is 15.3 Å². The molecule has 1 unspecified atom stereocenters. The van der Waals surface area contributed by atoms with Gasteiger partial charge in [0.05, 0.1) is 24.9 Å². The Kier molecular flexibility index (Phi) is 4.36. The Labute approximate surface area is 111 Å². The van der Waals surface area contributed by atoms with Gasteiger partial charge in [0.1, 0.15) is 5.82 Å². The van der Waals surface area contributed by atoms with Gasteiger partial charge < -0.3 is 10.1 Å². The maximum absolute atomic E-state index is 6.29. The van der Waals surface area contributed by atoms with Crippen LogP contribution < -0.4 is 10.1 Å². The van der Waals surface area contributed by atoms with Gasteiger partial charge in [-0.15, -0.1) is 11.6 Å². The van der Waals surface area contributed by atoms with Crippen molar-refractivity contribution in [3.05, 3.63) is 48.3 Å². The Balaban J connectivity index is 1.95. The van der Waals surface area contributed by atoms with Gasteiger partial charge >= 0.3 is 0 Å². The van der Waals surface area contributed by atoms with E-state index in [1.54, 1.807) is 19.5 Å². The molecule has 0 saturated carbocycles. The molecule has 0 saturated heterocycles. The quantitative estimate of drug-likeness (QED) is 0.843. The number of halogens is 1. The Morgan fingerprint density at radius 1 is 1.28 bits per heavy atom. The van der Waals surface area contributed by atoms with E-state index >= 15 is 0 Å². The molecular formula is C13H14ClN3O. The lowest BCUT2D eigenvalue weighted by Crippen LogP contribution is -2.09. The number of rotatable bonds is 5. The zero-order chi connectivity index (χ0) is 12.8. The molecule has 1 N–H and O–H groups in total. The SMILES string of the molecule is COc1cncc(NCC(Cl)c2ccccc2)n1. The fourth-order valence-corrected chi connectivity index (χ4v) is 1.73. The van der Waals surface area contributed by atoms with E-state index in [4.69, 9.17) is 16.3 Å². The Hall–Kier alpha value is -1.81. The van der Waals surface area contributed by atoms with E-state index in [1.165, 1.54) is 0 Å². The van der Waals surface area contributed by atoms with Gasteiger partial charge in [0.15, 0.2) is 0 Å². The number of aromatic nitrogens is 2. The molecule has 2 rings (SSSR count). The van der Waals surface area contributed by atoms with Crippen molar-refractivity contribution in [1.29, 1.82) is 0 Å². The predicted octanol–water partition coefficient (Wildman–Crippen LogP) is 2.88. The van der Waals surface area contributed by atoms with Crippen LogP contribution in [0.25, 0.3) is 0 Å². The van der Waals surface area contributed by atoms with Crippen LogP contribution in [0.4, 0.5) is 5.82 Å². The smallest absolute Gasteiger partial charge is 0.233 e. The van der Waals surface area contributed by atoms with Crippen LogP contribution in [0.5, 0.6) is 5.88 Å². The predicted molar refractivity (Wildman–Crippen MR) is 72.1 cm³/mol. The van der Waals surface area contributed by atoms with Crippen molar-refractivity contribution in [3.8, 4) is 5.88 Å². The Bertz CT molecular complexity index is 493. The summed E-state index contributed by atoms with van der Waals surface area (Å²) in [4.78, 5) is 8.22. The van der Waals surface area contributed by atoms with Crippen molar-refractivity contribution in [3.63, 3.8) is 0 Å². The van der Waals surface area contributed by atoms with Crippen LogP contribution in [0.2, 0.25) is 0 Å². The van der Waals surface area contributed by atoms with Gasteiger partial charge in [-0.05, 0) is 5.56 Å². The van der Waals surface area contributed by atoms with Crippen molar-refractivity contribution in [2.75, 3.05) is 19.0 Å². The molecule has 18 heavy (non-hydrogen) atoms. The first-order valence-electron chi connectivity index (χ1n) is 5.58. The van der Waals surface area contributed by atoms with E-state index in [1.807, 2.05) is 30.3 Å². The van der Waals surface area contributed by atoms with Gasteiger partial charge in [0.2, 0.25) is 5.88 Å². The largest absolute Gasteiger partial charge is 0.480 e. The molecular weight excluding hydrogens is 250 g/mol. The maximum atomic E-state index is 6.29. The summed E-state index contributed by atoms with van der Waals surface area (Å²) in [6.07, 6.45) is 3.19.